The van der Waals surface area contributed by atoms with Crippen LogP contribution in [0, 0.1) is 17.3 Å². The Morgan fingerprint density at radius 2 is 2.03 bits per heavy atom. The molecule has 3 aliphatic rings. The van der Waals surface area contributed by atoms with Gasteiger partial charge in [0.25, 0.3) is 0 Å². The van der Waals surface area contributed by atoms with E-state index in [1.54, 1.807) is 6.07 Å². The normalized spacial score (nSPS) is 32.9. The monoisotopic (exact) mass is 433 g/mol. The molecule has 6 heteroatoms. The van der Waals surface area contributed by atoms with Crippen molar-refractivity contribution in [1.29, 1.82) is 0 Å². The Morgan fingerprint density at radius 1 is 1.19 bits per heavy atom. The molecule has 0 bridgehead atoms. The Morgan fingerprint density at radius 3 is 2.88 bits per heavy atom. The molecule has 3 aliphatic carbocycles. The van der Waals surface area contributed by atoms with Crippen molar-refractivity contribution < 1.29 is 14.9 Å². The summed E-state index contributed by atoms with van der Waals surface area (Å²) in [6.45, 7) is 2.65. The number of phenolic OH excluding ortho intramolecular Hbond substituents is 1. The molecule has 2 aromatic rings. The van der Waals surface area contributed by atoms with E-state index in [-0.39, 0.29) is 23.5 Å². The summed E-state index contributed by atoms with van der Waals surface area (Å²) in [6, 6.07) is 13.8. The van der Waals surface area contributed by atoms with Gasteiger partial charge in [0.2, 0.25) is 0 Å². The molecule has 0 unspecified atom stereocenters. The fourth-order valence-corrected chi connectivity index (χ4v) is 6.91. The Balaban J connectivity index is 1.53. The van der Waals surface area contributed by atoms with E-state index in [4.69, 9.17) is 10.3 Å². The number of azide groups is 1. The molecule has 0 radical (unpaired) electrons. The number of ether oxygens (including phenoxy) is 1. The maximum absolute atomic E-state index is 11.0. The van der Waals surface area contributed by atoms with Gasteiger partial charge in [0.1, 0.15) is 17.6 Å². The highest BCUT2D eigenvalue weighted by Gasteiger charge is 2.58. The van der Waals surface area contributed by atoms with Crippen molar-refractivity contribution >= 4 is 0 Å². The molecule has 0 spiro atoms. The first-order valence-electron chi connectivity index (χ1n) is 11.8. The van der Waals surface area contributed by atoms with Crippen LogP contribution in [0.5, 0.6) is 11.5 Å². The van der Waals surface area contributed by atoms with Crippen molar-refractivity contribution in [2.75, 3.05) is 6.54 Å². The minimum atomic E-state index is -0.291. The number of aliphatic hydroxyl groups excluding tert-OH is 1. The summed E-state index contributed by atoms with van der Waals surface area (Å²) in [5, 5.41) is 24.7. The number of rotatable bonds is 5. The summed E-state index contributed by atoms with van der Waals surface area (Å²) in [6.07, 6.45) is 5.05. The molecule has 2 N–H and O–H groups in total. The average Bonchev–Trinajstić information content (AvgIpc) is 3.08. The van der Waals surface area contributed by atoms with Crippen LogP contribution >= 0.6 is 0 Å². The van der Waals surface area contributed by atoms with Gasteiger partial charge in [0.15, 0.2) is 0 Å². The van der Waals surface area contributed by atoms with Crippen molar-refractivity contribution in [2.45, 2.75) is 63.6 Å². The highest BCUT2D eigenvalue weighted by molar-refractivity contribution is 5.42. The van der Waals surface area contributed by atoms with E-state index in [0.29, 0.717) is 30.6 Å². The highest BCUT2D eigenvalue weighted by Crippen LogP contribution is 2.61. The molecule has 32 heavy (non-hydrogen) atoms. The van der Waals surface area contributed by atoms with Gasteiger partial charge in [-0.3, -0.25) is 0 Å². The summed E-state index contributed by atoms with van der Waals surface area (Å²) < 4.78 is 6.79. The van der Waals surface area contributed by atoms with Crippen molar-refractivity contribution in [2.24, 2.45) is 22.4 Å². The van der Waals surface area contributed by atoms with Gasteiger partial charge in [-0.2, -0.15) is 0 Å². The van der Waals surface area contributed by atoms with Gasteiger partial charge in [-0.1, -0.05) is 36.3 Å². The lowest BCUT2D eigenvalue weighted by molar-refractivity contribution is -0.0718. The van der Waals surface area contributed by atoms with E-state index in [1.807, 2.05) is 30.3 Å². The topological polar surface area (TPSA) is 98.5 Å². The molecule has 0 aromatic heterocycles. The van der Waals surface area contributed by atoms with E-state index >= 15 is 0 Å². The minimum absolute atomic E-state index is 0.0572. The number of nitrogens with zero attached hydrogens (tertiary/aromatic N) is 3. The van der Waals surface area contributed by atoms with Gasteiger partial charge < -0.3 is 14.9 Å². The minimum Gasteiger partial charge on any atom is -0.508 e. The number of fused-ring (bicyclic) bond motifs is 5. The summed E-state index contributed by atoms with van der Waals surface area (Å²) >= 11 is 0. The third-order valence-electron chi connectivity index (χ3n) is 8.41. The van der Waals surface area contributed by atoms with Crippen molar-refractivity contribution in [1.82, 2.24) is 0 Å². The molecule has 0 saturated heterocycles. The lowest BCUT2D eigenvalue weighted by Crippen LogP contribution is -2.51. The van der Waals surface area contributed by atoms with Gasteiger partial charge >= 0.3 is 0 Å². The van der Waals surface area contributed by atoms with E-state index < -0.39 is 0 Å². The van der Waals surface area contributed by atoms with Crippen LogP contribution in [0.2, 0.25) is 0 Å². The number of aliphatic hydroxyl groups is 1. The van der Waals surface area contributed by atoms with E-state index in [2.05, 4.69) is 23.0 Å². The number of aromatic hydroxyl groups is 1. The number of benzene rings is 2. The first-order valence-corrected chi connectivity index (χ1v) is 11.8. The molecule has 5 rings (SSSR count). The number of phenols is 1. The molecule has 168 valence electrons. The van der Waals surface area contributed by atoms with Crippen LogP contribution in [0.15, 0.2) is 47.6 Å². The molecular weight excluding hydrogens is 402 g/mol. The van der Waals surface area contributed by atoms with Crippen molar-refractivity contribution in [3.63, 3.8) is 0 Å². The second-order valence-electron chi connectivity index (χ2n) is 9.99. The molecule has 0 heterocycles. The quantitative estimate of drug-likeness (QED) is 0.369. The lowest BCUT2D eigenvalue weighted by atomic mass is 9.54. The zero-order valence-electron chi connectivity index (χ0n) is 18.5. The molecule has 6 atom stereocenters. The second-order valence-corrected chi connectivity index (χ2v) is 9.99. The molecule has 2 saturated carbocycles. The van der Waals surface area contributed by atoms with E-state index in [9.17, 15) is 10.2 Å². The summed E-state index contributed by atoms with van der Waals surface area (Å²) in [5.41, 5.74) is 12.1. The molecule has 0 amide bonds. The second kappa shape index (κ2) is 8.34. The Bertz CT molecular complexity index is 1050. The average molecular weight is 434 g/mol. The van der Waals surface area contributed by atoms with Crippen LogP contribution in [0.1, 0.15) is 55.2 Å². The summed E-state index contributed by atoms with van der Waals surface area (Å²) in [7, 11) is 0. The Kier molecular flexibility index (Phi) is 5.52. The molecule has 2 fully saturated rings. The Labute approximate surface area is 188 Å². The van der Waals surface area contributed by atoms with E-state index in [1.165, 1.54) is 11.1 Å². The first kappa shape index (κ1) is 21.2. The highest BCUT2D eigenvalue weighted by atomic mass is 16.5. The Hall–Kier alpha value is -2.69. The number of hydrogen-bond donors (Lipinski definition) is 2. The zero-order chi connectivity index (χ0) is 22.3. The summed E-state index contributed by atoms with van der Waals surface area (Å²) in [5.74, 6) is 2.35. The SMILES string of the molecule is C[C@]12C[C@H](Oc3ccccc3CCN=[N+]=[N-])[C@@H]3c4ccc(O)cc4CC[C@H]3[C@@H]1CC[C@@H]2O. The number of para-hydroxylation sites is 1. The lowest BCUT2D eigenvalue weighted by Gasteiger charge is -2.53. The van der Waals surface area contributed by atoms with Gasteiger partial charge in [-0.15, -0.1) is 0 Å². The van der Waals surface area contributed by atoms with Gasteiger partial charge in [-0.25, -0.2) is 0 Å². The van der Waals surface area contributed by atoms with E-state index in [0.717, 1.165) is 43.4 Å². The molecule has 6 nitrogen and oxygen atoms in total. The third kappa shape index (κ3) is 3.52. The smallest absolute Gasteiger partial charge is 0.122 e. The maximum atomic E-state index is 11.0. The molecule has 2 aromatic carbocycles. The largest absolute Gasteiger partial charge is 0.508 e. The van der Waals surface area contributed by atoms with Gasteiger partial charge in [0.05, 0.1) is 6.10 Å². The third-order valence-corrected chi connectivity index (χ3v) is 8.41. The van der Waals surface area contributed by atoms with Crippen LogP contribution in [0.4, 0.5) is 0 Å². The summed E-state index contributed by atoms with van der Waals surface area (Å²) in [4.78, 5) is 2.87. The molecule has 0 aliphatic heterocycles. The van der Waals surface area contributed by atoms with Crippen molar-refractivity contribution in [3.8, 4) is 11.5 Å². The van der Waals surface area contributed by atoms with Crippen LogP contribution in [0.25, 0.3) is 10.4 Å². The fraction of sp³-hybridized carbons (Fsp3) is 0.538. The van der Waals surface area contributed by atoms with Crippen molar-refractivity contribution in [3.05, 3.63) is 69.6 Å². The standard InChI is InChI=1S/C26H31N3O3/c1-26-15-23(32-22-5-3-2-4-16(22)12-13-28-29-27)25-19-9-7-18(30)14-17(19)6-8-20(25)21(26)10-11-24(26)31/h2-5,7,9,14,20-21,23-25,30-31H,6,8,10-13,15H2,1H3/t20-,21-,23-,24-,25+,26-/m0/s1. The van der Waals surface area contributed by atoms with Crippen LogP contribution in [0.3, 0.4) is 0 Å². The fourth-order valence-electron chi connectivity index (χ4n) is 6.91. The number of hydrogen-bond acceptors (Lipinski definition) is 4. The van der Waals surface area contributed by atoms with Gasteiger partial charge in [-0.05, 0) is 90.8 Å². The first-order chi connectivity index (χ1) is 15.5. The predicted octanol–water partition coefficient (Wildman–Crippen LogP) is 5.52. The van der Waals surface area contributed by atoms with Crippen LogP contribution in [-0.2, 0) is 12.8 Å². The van der Waals surface area contributed by atoms with Gasteiger partial charge in [0, 0.05) is 22.8 Å². The molecular formula is C26H31N3O3. The predicted molar refractivity (Wildman–Crippen MR) is 123 cm³/mol. The number of aryl methyl sites for hydroxylation is 1. The maximum Gasteiger partial charge on any atom is 0.122 e. The van der Waals surface area contributed by atoms with Crippen LogP contribution < -0.4 is 4.74 Å². The zero-order valence-corrected chi connectivity index (χ0v) is 18.5. The van der Waals surface area contributed by atoms with Crippen LogP contribution in [-0.4, -0.2) is 29.0 Å².